The molecule has 0 fully saturated rings. The molecule has 0 saturated carbocycles. The zero-order valence-electron chi connectivity index (χ0n) is 11.5. The highest BCUT2D eigenvalue weighted by atomic mass is 16.5. The topological polar surface area (TPSA) is 67.6 Å². The van der Waals surface area contributed by atoms with Gasteiger partial charge in [0.1, 0.15) is 5.75 Å². The third kappa shape index (κ3) is 3.61. The minimum absolute atomic E-state index is 0.0477. The Balaban J connectivity index is 2.00. The first-order chi connectivity index (χ1) is 9.06. The van der Waals surface area contributed by atoms with Gasteiger partial charge >= 0.3 is 0 Å². The summed E-state index contributed by atoms with van der Waals surface area (Å²) in [7, 11) is 4.08. The van der Waals surface area contributed by atoms with Crippen LogP contribution in [-0.4, -0.2) is 38.1 Å². The Labute approximate surface area is 113 Å². The number of nitrogens with two attached hydrogens (primary N) is 1. The molecular weight excluding hydrogens is 242 g/mol. The molecule has 1 aromatic carbocycles. The smallest absolute Gasteiger partial charge is 0.224 e. The molecule has 0 spiro atoms. The lowest BCUT2D eigenvalue weighted by atomic mass is 10.0. The fourth-order valence-electron chi connectivity index (χ4n) is 2.11. The second-order valence-corrected chi connectivity index (χ2v) is 5.10. The van der Waals surface area contributed by atoms with Gasteiger partial charge in [-0.1, -0.05) is 0 Å². The Kier molecular flexibility index (Phi) is 4.27. The van der Waals surface area contributed by atoms with E-state index in [1.54, 1.807) is 6.07 Å². The zero-order valence-corrected chi connectivity index (χ0v) is 11.5. The number of rotatable bonds is 5. The summed E-state index contributed by atoms with van der Waals surface area (Å²) in [6.07, 6.45) is 2.23. The summed E-state index contributed by atoms with van der Waals surface area (Å²) in [5, 5.41) is 2.83. The summed E-state index contributed by atoms with van der Waals surface area (Å²) >= 11 is 0. The van der Waals surface area contributed by atoms with Gasteiger partial charge in [-0.05, 0) is 44.6 Å². The van der Waals surface area contributed by atoms with E-state index >= 15 is 0 Å². The lowest BCUT2D eigenvalue weighted by molar-refractivity contribution is -0.116. The molecular formula is C14H21N3O2. The van der Waals surface area contributed by atoms with E-state index in [1.807, 2.05) is 20.2 Å². The molecule has 0 saturated heterocycles. The molecule has 1 aliphatic rings. The van der Waals surface area contributed by atoms with Crippen molar-refractivity contribution >= 4 is 17.3 Å². The number of anilines is 2. The maximum Gasteiger partial charge on any atom is 0.224 e. The molecule has 104 valence electrons. The molecule has 1 aromatic rings. The summed E-state index contributed by atoms with van der Waals surface area (Å²) in [6.45, 7) is 1.63. The van der Waals surface area contributed by atoms with Crippen LogP contribution < -0.4 is 15.8 Å². The minimum Gasteiger partial charge on any atom is -0.491 e. The highest BCUT2D eigenvalue weighted by molar-refractivity contribution is 5.94. The van der Waals surface area contributed by atoms with Crippen LogP contribution in [0.3, 0.4) is 0 Å². The molecule has 2 rings (SSSR count). The molecule has 0 aromatic heterocycles. The molecule has 0 bridgehead atoms. The fourth-order valence-corrected chi connectivity index (χ4v) is 2.11. The summed E-state index contributed by atoms with van der Waals surface area (Å²) in [5.74, 6) is 0.764. The number of hydrogen-bond donors (Lipinski definition) is 2. The van der Waals surface area contributed by atoms with Crippen LogP contribution in [-0.2, 0) is 11.2 Å². The predicted molar refractivity (Wildman–Crippen MR) is 76.5 cm³/mol. The van der Waals surface area contributed by atoms with Crippen molar-refractivity contribution in [2.75, 3.05) is 38.3 Å². The van der Waals surface area contributed by atoms with Crippen LogP contribution in [0.15, 0.2) is 12.1 Å². The number of hydrogen-bond acceptors (Lipinski definition) is 4. The minimum atomic E-state index is 0.0477. The van der Waals surface area contributed by atoms with Gasteiger partial charge in [0.2, 0.25) is 5.91 Å². The van der Waals surface area contributed by atoms with E-state index in [0.717, 1.165) is 30.6 Å². The first-order valence-electron chi connectivity index (χ1n) is 6.56. The van der Waals surface area contributed by atoms with Crippen molar-refractivity contribution in [1.82, 2.24) is 4.90 Å². The molecule has 19 heavy (non-hydrogen) atoms. The molecule has 1 amide bonds. The van der Waals surface area contributed by atoms with Gasteiger partial charge in [-0.15, -0.1) is 0 Å². The fraction of sp³-hybridized carbons (Fsp3) is 0.500. The van der Waals surface area contributed by atoms with Gasteiger partial charge in [0.05, 0.1) is 12.3 Å². The van der Waals surface area contributed by atoms with Crippen molar-refractivity contribution in [1.29, 1.82) is 0 Å². The van der Waals surface area contributed by atoms with E-state index in [-0.39, 0.29) is 5.91 Å². The van der Waals surface area contributed by atoms with E-state index in [4.69, 9.17) is 10.5 Å². The van der Waals surface area contributed by atoms with Gasteiger partial charge < -0.3 is 20.7 Å². The molecule has 5 heteroatoms. The Morgan fingerprint density at radius 1 is 1.37 bits per heavy atom. The summed E-state index contributed by atoms with van der Waals surface area (Å²) < 4.78 is 5.72. The first kappa shape index (κ1) is 13.7. The average Bonchev–Trinajstić information content (AvgIpc) is 2.34. The number of ether oxygens (including phenoxy) is 1. The lowest BCUT2D eigenvalue weighted by Gasteiger charge is -2.19. The number of benzene rings is 1. The summed E-state index contributed by atoms with van der Waals surface area (Å²) in [5.41, 5.74) is 8.43. The van der Waals surface area contributed by atoms with Crippen LogP contribution in [0, 0.1) is 0 Å². The second-order valence-electron chi connectivity index (χ2n) is 5.10. The SMILES string of the molecule is CN(C)CCCOc1cc2c(cc1N)NC(=O)CC2. The van der Waals surface area contributed by atoms with Crippen LogP contribution in [0.2, 0.25) is 0 Å². The molecule has 0 unspecified atom stereocenters. The first-order valence-corrected chi connectivity index (χ1v) is 6.56. The monoisotopic (exact) mass is 263 g/mol. The Morgan fingerprint density at radius 3 is 2.89 bits per heavy atom. The van der Waals surface area contributed by atoms with E-state index in [1.165, 1.54) is 0 Å². The van der Waals surface area contributed by atoms with Crippen molar-refractivity contribution in [3.05, 3.63) is 17.7 Å². The highest BCUT2D eigenvalue weighted by Crippen LogP contribution is 2.32. The van der Waals surface area contributed by atoms with Crippen molar-refractivity contribution in [2.45, 2.75) is 19.3 Å². The summed E-state index contributed by atoms with van der Waals surface area (Å²) in [4.78, 5) is 13.4. The average molecular weight is 263 g/mol. The van der Waals surface area contributed by atoms with Crippen LogP contribution in [0.5, 0.6) is 5.75 Å². The predicted octanol–water partition coefficient (Wildman–Crippen LogP) is 1.48. The van der Waals surface area contributed by atoms with Gasteiger partial charge in [-0.3, -0.25) is 4.79 Å². The molecule has 0 atom stereocenters. The van der Waals surface area contributed by atoms with Gasteiger partial charge in [-0.25, -0.2) is 0 Å². The standard InChI is InChI=1S/C14H21N3O2/c1-17(2)6-3-7-19-13-8-10-4-5-14(18)16-12(10)9-11(13)15/h8-9H,3-7,15H2,1-2H3,(H,16,18). The van der Waals surface area contributed by atoms with E-state index in [9.17, 15) is 4.79 Å². The summed E-state index contributed by atoms with van der Waals surface area (Å²) in [6, 6.07) is 3.73. The molecule has 3 N–H and O–H groups in total. The van der Waals surface area contributed by atoms with Crippen molar-refractivity contribution in [3.63, 3.8) is 0 Å². The van der Waals surface area contributed by atoms with E-state index < -0.39 is 0 Å². The highest BCUT2D eigenvalue weighted by Gasteiger charge is 2.17. The van der Waals surface area contributed by atoms with Crippen molar-refractivity contribution in [3.8, 4) is 5.75 Å². The molecule has 1 aliphatic heterocycles. The number of nitrogens with one attached hydrogen (secondary N) is 1. The lowest BCUT2D eigenvalue weighted by Crippen LogP contribution is -2.19. The number of nitrogen functional groups attached to an aromatic ring is 1. The second kappa shape index (κ2) is 5.93. The van der Waals surface area contributed by atoms with Crippen LogP contribution in [0.1, 0.15) is 18.4 Å². The number of amides is 1. The number of aryl methyl sites for hydroxylation is 1. The Hall–Kier alpha value is -1.75. The maximum absolute atomic E-state index is 11.3. The number of carbonyl (C=O) groups is 1. The van der Waals surface area contributed by atoms with Gasteiger partial charge in [-0.2, -0.15) is 0 Å². The van der Waals surface area contributed by atoms with Gasteiger partial charge in [0.15, 0.2) is 0 Å². The van der Waals surface area contributed by atoms with E-state index in [0.29, 0.717) is 24.5 Å². The van der Waals surface area contributed by atoms with Crippen LogP contribution in [0.4, 0.5) is 11.4 Å². The van der Waals surface area contributed by atoms with Crippen LogP contribution >= 0.6 is 0 Å². The van der Waals surface area contributed by atoms with Crippen LogP contribution in [0.25, 0.3) is 0 Å². The normalized spacial score (nSPS) is 14.2. The van der Waals surface area contributed by atoms with Crippen molar-refractivity contribution < 1.29 is 9.53 Å². The zero-order chi connectivity index (χ0) is 13.8. The number of fused-ring (bicyclic) bond motifs is 1. The van der Waals surface area contributed by atoms with Gasteiger partial charge in [0, 0.05) is 18.7 Å². The van der Waals surface area contributed by atoms with E-state index in [2.05, 4.69) is 10.2 Å². The Bertz CT molecular complexity index is 472. The van der Waals surface area contributed by atoms with Gasteiger partial charge in [0.25, 0.3) is 0 Å². The van der Waals surface area contributed by atoms with Crippen molar-refractivity contribution in [2.24, 2.45) is 0 Å². The number of nitrogens with zero attached hydrogens (tertiary/aromatic N) is 1. The Morgan fingerprint density at radius 2 is 2.16 bits per heavy atom. The number of carbonyl (C=O) groups excluding carboxylic acids is 1. The molecule has 1 heterocycles. The molecule has 0 radical (unpaired) electrons. The third-order valence-corrected chi connectivity index (χ3v) is 3.14. The quantitative estimate of drug-likeness (QED) is 0.624. The molecule has 0 aliphatic carbocycles. The molecule has 5 nitrogen and oxygen atoms in total. The maximum atomic E-state index is 11.3. The largest absolute Gasteiger partial charge is 0.491 e. The third-order valence-electron chi connectivity index (χ3n) is 3.14.